The number of halogens is 4. The van der Waals surface area contributed by atoms with Gasteiger partial charge in [-0.05, 0) is 36.4 Å². The number of amides is 2. The van der Waals surface area contributed by atoms with Crippen molar-refractivity contribution in [3.05, 3.63) is 54.5 Å². The minimum Gasteiger partial charge on any atom is -0.490 e. The van der Waals surface area contributed by atoms with Crippen LogP contribution < -0.4 is 25.6 Å². The van der Waals surface area contributed by atoms with Gasteiger partial charge in [-0.1, -0.05) is 6.07 Å². The lowest BCUT2D eigenvalue weighted by molar-refractivity contribution is -0.170. The Hall–Kier alpha value is -4.42. The molecular formula is C21H16F4N6O3. The molecule has 2 aromatic carbocycles. The number of nitrogens with zero attached hydrogens (tertiary/aromatic N) is 3. The average Bonchev–Trinajstić information content (AvgIpc) is 2.80. The third-order valence-electron chi connectivity index (χ3n) is 4.66. The Morgan fingerprint density at radius 2 is 1.85 bits per heavy atom. The van der Waals surface area contributed by atoms with Crippen LogP contribution in [-0.2, 0) is 9.59 Å². The molecule has 0 atom stereocenters. The van der Waals surface area contributed by atoms with E-state index >= 15 is 0 Å². The number of carbonyl (C=O) groups excluding carboxylic acids is 2. The second-order valence-electron chi connectivity index (χ2n) is 6.97. The summed E-state index contributed by atoms with van der Waals surface area (Å²) in [6, 6.07) is 10.6. The second kappa shape index (κ2) is 9.21. The Morgan fingerprint density at radius 1 is 1.09 bits per heavy atom. The maximum Gasteiger partial charge on any atom is 0.471 e. The number of nitrogens with one attached hydrogen (secondary N) is 3. The van der Waals surface area contributed by atoms with Crippen molar-refractivity contribution in [1.29, 1.82) is 0 Å². The van der Waals surface area contributed by atoms with E-state index in [-0.39, 0.29) is 42.0 Å². The number of rotatable bonds is 6. The van der Waals surface area contributed by atoms with E-state index in [0.29, 0.717) is 22.7 Å². The van der Waals surface area contributed by atoms with E-state index in [2.05, 4.69) is 25.9 Å². The van der Waals surface area contributed by atoms with Crippen molar-refractivity contribution in [2.75, 3.05) is 34.0 Å². The highest BCUT2D eigenvalue weighted by Gasteiger charge is 2.44. The first-order chi connectivity index (χ1) is 16.2. The summed E-state index contributed by atoms with van der Waals surface area (Å²) in [5, 5.41) is 8.01. The van der Waals surface area contributed by atoms with Crippen molar-refractivity contribution in [3.63, 3.8) is 0 Å². The molecule has 0 saturated heterocycles. The molecule has 3 aromatic rings. The molecule has 0 spiro atoms. The van der Waals surface area contributed by atoms with E-state index in [1.165, 1.54) is 18.2 Å². The predicted molar refractivity (Wildman–Crippen MR) is 115 cm³/mol. The lowest BCUT2D eigenvalue weighted by Crippen LogP contribution is -2.45. The van der Waals surface area contributed by atoms with E-state index in [1.807, 2.05) is 0 Å². The van der Waals surface area contributed by atoms with Gasteiger partial charge in [0.15, 0.2) is 11.6 Å². The zero-order chi connectivity index (χ0) is 24.3. The highest BCUT2D eigenvalue weighted by molar-refractivity contribution is 5.99. The van der Waals surface area contributed by atoms with Crippen LogP contribution in [0, 0.1) is 5.82 Å². The maximum absolute atomic E-state index is 14.3. The van der Waals surface area contributed by atoms with Gasteiger partial charge in [0.2, 0.25) is 12.4 Å². The molecule has 0 aliphatic carbocycles. The zero-order valence-electron chi connectivity index (χ0n) is 17.2. The summed E-state index contributed by atoms with van der Waals surface area (Å²) in [6.45, 7) is -0.352. The molecule has 1 aromatic heterocycles. The molecule has 0 unspecified atom stereocenters. The fourth-order valence-electron chi connectivity index (χ4n) is 3.20. The van der Waals surface area contributed by atoms with Gasteiger partial charge in [0.25, 0.3) is 0 Å². The molecule has 0 bridgehead atoms. The van der Waals surface area contributed by atoms with Gasteiger partial charge in [-0.15, -0.1) is 0 Å². The summed E-state index contributed by atoms with van der Waals surface area (Å²) >= 11 is 0. The number of ether oxygens (including phenoxy) is 1. The topological polar surface area (TPSA) is 108 Å². The number of anilines is 6. The molecular weight excluding hydrogens is 460 g/mol. The molecule has 2 heterocycles. The lowest BCUT2D eigenvalue weighted by atomic mass is 10.2. The number of hydrogen-bond acceptors (Lipinski definition) is 7. The highest BCUT2D eigenvalue weighted by Crippen LogP contribution is 2.37. The molecule has 34 heavy (non-hydrogen) atoms. The number of aromatic nitrogens is 2. The van der Waals surface area contributed by atoms with E-state index in [4.69, 9.17) is 4.74 Å². The van der Waals surface area contributed by atoms with E-state index < -0.39 is 17.9 Å². The number of carbonyl (C=O) groups is 2. The summed E-state index contributed by atoms with van der Waals surface area (Å²) in [5.41, 5.74) is 1.09. The van der Waals surface area contributed by atoms with Crippen LogP contribution in [0.5, 0.6) is 5.75 Å². The fourth-order valence-corrected chi connectivity index (χ4v) is 3.20. The van der Waals surface area contributed by atoms with Crippen LogP contribution in [0.2, 0.25) is 0 Å². The normalized spacial score (nSPS) is 12.9. The smallest absolute Gasteiger partial charge is 0.471 e. The van der Waals surface area contributed by atoms with Crippen LogP contribution in [0.25, 0.3) is 0 Å². The molecule has 13 heteroatoms. The summed E-state index contributed by atoms with van der Waals surface area (Å²) < 4.78 is 58.5. The van der Waals surface area contributed by atoms with E-state index in [1.54, 1.807) is 24.3 Å². The van der Waals surface area contributed by atoms with Gasteiger partial charge in [-0.25, -0.2) is 9.37 Å². The lowest BCUT2D eigenvalue weighted by Gasteiger charge is -2.30. The largest absolute Gasteiger partial charge is 0.490 e. The van der Waals surface area contributed by atoms with Gasteiger partial charge in [0, 0.05) is 17.1 Å². The van der Waals surface area contributed by atoms with Crippen LogP contribution in [0.4, 0.5) is 52.1 Å². The van der Waals surface area contributed by atoms with Crippen molar-refractivity contribution in [2.24, 2.45) is 0 Å². The first kappa shape index (κ1) is 22.8. The molecule has 9 nitrogen and oxygen atoms in total. The predicted octanol–water partition coefficient (Wildman–Crippen LogP) is 3.96. The zero-order valence-corrected chi connectivity index (χ0v) is 17.2. The summed E-state index contributed by atoms with van der Waals surface area (Å²) in [6.07, 6.45) is -3.64. The quantitative estimate of drug-likeness (QED) is 0.365. The average molecular weight is 476 g/mol. The molecule has 3 N–H and O–H groups in total. The molecule has 176 valence electrons. The van der Waals surface area contributed by atoms with Crippen molar-refractivity contribution in [1.82, 2.24) is 9.97 Å². The Bertz CT molecular complexity index is 1240. The molecule has 0 fully saturated rings. The van der Waals surface area contributed by atoms with Gasteiger partial charge in [-0.3, -0.25) is 14.5 Å². The molecule has 0 radical (unpaired) electrons. The molecule has 1 aliphatic heterocycles. The monoisotopic (exact) mass is 476 g/mol. The standard InChI is InChI=1S/C21H16F4N6O3/c22-15-10-26-20(30-18(15)28-13-3-1-2-12(8-13)27-11-32)29-14-4-5-17-16(9-14)31(6-7-34-17)19(33)21(23,24)25/h1-5,8-11H,6-7H2,(H,27,32)(H2,26,28,29,30). The Morgan fingerprint density at radius 3 is 2.62 bits per heavy atom. The van der Waals surface area contributed by atoms with Crippen LogP contribution in [0.15, 0.2) is 48.7 Å². The van der Waals surface area contributed by atoms with Gasteiger partial charge in [0.05, 0.1) is 18.4 Å². The Kier molecular flexibility index (Phi) is 6.17. The van der Waals surface area contributed by atoms with Crippen molar-refractivity contribution < 1.29 is 31.9 Å². The van der Waals surface area contributed by atoms with Crippen molar-refractivity contribution in [2.45, 2.75) is 6.18 Å². The van der Waals surface area contributed by atoms with Crippen LogP contribution in [0.1, 0.15) is 0 Å². The number of hydrogen-bond donors (Lipinski definition) is 3. The van der Waals surface area contributed by atoms with Gasteiger partial charge in [0.1, 0.15) is 12.4 Å². The van der Waals surface area contributed by atoms with Crippen LogP contribution >= 0.6 is 0 Å². The maximum atomic E-state index is 14.3. The van der Waals surface area contributed by atoms with Gasteiger partial charge < -0.3 is 20.7 Å². The summed E-state index contributed by atoms with van der Waals surface area (Å²) in [4.78, 5) is 30.9. The highest BCUT2D eigenvalue weighted by atomic mass is 19.4. The number of fused-ring (bicyclic) bond motifs is 1. The van der Waals surface area contributed by atoms with E-state index in [0.717, 1.165) is 6.20 Å². The number of alkyl halides is 3. The SMILES string of the molecule is O=CNc1cccc(Nc2nc(Nc3ccc4c(c3)N(C(=O)C(F)(F)F)CCO4)ncc2F)c1. The van der Waals surface area contributed by atoms with Crippen LogP contribution in [0.3, 0.4) is 0 Å². The second-order valence-corrected chi connectivity index (χ2v) is 6.97. The third kappa shape index (κ3) is 4.98. The van der Waals surface area contributed by atoms with Crippen molar-refractivity contribution >= 4 is 46.8 Å². The third-order valence-corrected chi connectivity index (χ3v) is 4.66. The van der Waals surface area contributed by atoms with Gasteiger partial charge >= 0.3 is 12.1 Å². The first-order valence-electron chi connectivity index (χ1n) is 9.77. The molecule has 1 aliphatic rings. The summed E-state index contributed by atoms with van der Waals surface area (Å²) in [7, 11) is 0. The molecule has 4 rings (SSSR count). The Balaban J connectivity index is 1.57. The fraction of sp³-hybridized carbons (Fsp3) is 0.143. The van der Waals surface area contributed by atoms with Gasteiger partial charge in [-0.2, -0.15) is 18.2 Å². The minimum absolute atomic E-state index is 0.0588. The Labute approximate surface area is 189 Å². The van der Waals surface area contributed by atoms with E-state index in [9.17, 15) is 27.2 Å². The van der Waals surface area contributed by atoms with Crippen LogP contribution in [-0.4, -0.2) is 41.6 Å². The van der Waals surface area contributed by atoms with Crippen molar-refractivity contribution in [3.8, 4) is 5.75 Å². The molecule has 0 saturated carbocycles. The number of benzene rings is 2. The summed E-state index contributed by atoms with van der Waals surface area (Å²) in [5.74, 6) is -2.90. The molecule has 2 amide bonds. The minimum atomic E-state index is -5.04. The first-order valence-corrected chi connectivity index (χ1v) is 9.77.